The van der Waals surface area contributed by atoms with Gasteiger partial charge in [-0.25, -0.2) is 0 Å². The van der Waals surface area contributed by atoms with E-state index in [4.69, 9.17) is 19.8 Å². The van der Waals surface area contributed by atoms with Gasteiger partial charge in [0, 0.05) is 0 Å². The number of hydrogen-bond donors (Lipinski definition) is 2. The molecular weight excluding hydrogens is 319 g/mol. The fraction of sp³-hybridized carbons (Fsp3) is 0.944. The van der Waals surface area contributed by atoms with Gasteiger partial charge in [-0.3, -0.25) is 4.79 Å². The van der Waals surface area contributed by atoms with Crippen molar-refractivity contribution in [3.63, 3.8) is 0 Å². The second kappa shape index (κ2) is 9.35. The topological polar surface area (TPSA) is 82.8 Å². The summed E-state index contributed by atoms with van der Waals surface area (Å²) in [6.07, 6.45) is 4.86. The zero-order valence-electron chi connectivity index (χ0n) is 16.9. The van der Waals surface area contributed by atoms with Gasteiger partial charge in [-0.1, -0.05) is 12.8 Å². The summed E-state index contributed by atoms with van der Waals surface area (Å²) >= 11 is 0. The van der Waals surface area contributed by atoms with Gasteiger partial charge in [-0.2, -0.15) is 0 Å². The molecule has 1 heterocycles. The smallest absolute Gasteiger partial charge is 0.457 e. The third-order valence-electron chi connectivity index (χ3n) is 5.55. The predicted molar refractivity (Wildman–Crippen MR) is 101 cm³/mol. The van der Waals surface area contributed by atoms with Crippen LogP contribution in [0, 0.1) is 0 Å². The van der Waals surface area contributed by atoms with Crippen molar-refractivity contribution in [1.82, 2.24) is 5.32 Å². The Hall–Kier alpha value is -0.625. The van der Waals surface area contributed by atoms with Crippen LogP contribution >= 0.6 is 0 Å². The van der Waals surface area contributed by atoms with Gasteiger partial charge < -0.3 is 25.1 Å². The maximum absolute atomic E-state index is 12.4. The lowest BCUT2D eigenvalue weighted by Gasteiger charge is -2.32. The molecule has 1 saturated heterocycles. The second-order valence-electron chi connectivity index (χ2n) is 7.88. The number of esters is 1. The van der Waals surface area contributed by atoms with Gasteiger partial charge in [0.25, 0.3) is 0 Å². The van der Waals surface area contributed by atoms with E-state index in [0.717, 1.165) is 32.0 Å². The Morgan fingerprint density at radius 3 is 2.16 bits per heavy atom. The zero-order valence-corrected chi connectivity index (χ0v) is 16.9. The SMILES string of the molecule is CCOC(=O)C(CCCN)(CCCCB1OC(C)(C)C(C)(C)O1)NC. The molecule has 7 heteroatoms. The van der Waals surface area contributed by atoms with E-state index in [1.54, 1.807) is 0 Å². The van der Waals surface area contributed by atoms with E-state index in [2.05, 4.69) is 33.0 Å². The monoisotopic (exact) mass is 356 g/mol. The lowest BCUT2D eigenvalue weighted by molar-refractivity contribution is -0.151. The third-order valence-corrected chi connectivity index (χ3v) is 5.55. The van der Waals surface area contributed by atoms with Crippen LogP contribution in [0.3, 0.4) is 0 Å². The maximum atomic E-state index is 12.4. The first-order valence-electron chi connectivity index (χ1n) is 9.56. The van der Waals surface area contributed by atoms with Crippen LogP contribution in [-0.2, 0) is 18.8 Å². The fourth-order valence-corrected chi connectivity index (χ4v) is 3.17. The lowest BCUT2D eigenvalue weighted by atomic mass is 9.80. The molecule has 0 amide bonds. The van der Waals surface area contributed by atoms with Gasteiger partial charge in [-0.05, 0) is 73.8 Å². The molecule has 0 spiro atoms. The van der Waals surface area contributed by atoms with Crippen molar-refractivity contribution < 1.29 is 18.8 Å². The average molecular weight is 356 g/mol. The Balaban J connectivity index is 2.53. The predicted octanol–water partition coefficient (Wildman–Crippen LogP) is 2.51. The van der Waals surface area contributed by atoms with Crippen LogP contribution in [0.4, 0.5) is 0 Å². The first-order valence-corrected chi connectivity index (χ1v) is 9.56. The van der Waals surface area contributed by atoms with Crippen molar-refractivity contribution in [2.45, 2.75) is 89.8 Å². The minimum atomic E-state index is -0.648. The molecular formula is C18H37BN2O4. The molecule has 146 valence electrons. The molecule has 1 aliphatic heterocycles. The number of carbonyl (C=O) groups is 1. The molecule has 1 fully saturated rings. The van der Waals surface area contributed by atoms with Gasteiger partial charge in [0.2, 0.25) is 0 Å². The number of unbranched alkanes of at least 4 members (excludes halogenated alkanes) is 1. The van der Waals surface area contributed by atoms with E-state index in [9.17, 15) is 4.79 Å². The molecule has 1 rings (SSSR count). The van der Waals surface area contributed by atoms with Gasteiger partial charge in [0.05, 0.1) is 17.8 Å². The highest BCUT2D eigenvalue weighted by Crippen LogP contribution is 2.38. The molecule has 3 N–H and O–H groups in total. The highest BCUT2D eigenvalue weighted by atomic mass is 16.7. The number of nitrogens with one attached hydrogen (secondary N) is 1. The summed E-state index contributed by atoms with van der Waals surface area (Å²) in [6, 6.07) is 0. The summed E-state index contributed by atoms with van der Waals surface area (Å²) in [6.45, 7) is 11.0. The second-order valence-corrected chi connectivity index (χ2v) is 7.88. The van der Waals surface area contributed by atoms with Gasteiger partial charge in [0.1, 0.15) is 5.54 Å². The fourth-order valence-electron chi connectivity index (χ4n) is 3.17. The first kappa shape index (κ1) is 22.4. The largest absolute Gasteiger partial charge is 0.465 e. The number of rotatable bonds is 11. The van der Waals surface area contributed by atoms with E-state index < -0.39 is 5.54 Å². The molecule has 0 radical (unpaired) electrons. The van der Waals surface area contributed by atoms with Crippen LogP contribution in [0.1, 0.15) is 66.7 Å². The molecule has 0 aromatic rings. The zero-order chi connectivity index (χ0) is 19.1. The Labute approximate surface area is 153 Å². The molecule has 0 aromatic heterocycles. The van der Waals surface area contributed by atoms with Crippen molar-refractivity contribution in [3.8, 4) is 0 Å². The van der Waals surface area contributed by atoms with E-state index in [0.29, 0.717) is 19.6 Å². The standard InChI is InChI=1S/C18H37BN2O4/c1-7-23-15(22)18(21-6,12-10-14-20)11-8-9-13-19-24-16(2,3)17(4,5)25-19/h21H,7-14,20H2,1-6H3. The summed E-state index contributed by atoms with van der Waals surface area (Å²) in [4.78, 5) is 12.4. The summed E-state index contributed by atoms with van der Waals surface area (Å²) in [5, 5.41) is 3.20. The molecule has 1 atom stereocenters. The van der Waals surface area contributed by atoms with E-state index in [1.807, 2.05) is 14.0 Å². The first-order chi connectivity index (χ1) is 11.6. The maximum Gasteiger partial charge on any atom is 0.457 e. The molecule has 25 heavy (non-hydrogen) atoms. The highest BCUT2D eigenvalue weighted by molar-refractivity contribution is 6.45. The third kappa shape index (κ3) is 5.68. The molecule has 0 aliphatic carbocycles. The van der Waals surface area contributed by atoms with Crippen LogP contribution in [0.15, 0.2) is 0 Å². The number of hydrogen-bond acceptors (Lipinski definition) is 6. The molecule has 6 nitrogen and oxygen atoms in total. The summed E-state index contributed by atoms with van der Waals surface area (Å²) in [5.74, 6) is -0.179. The summed E-state index contributed by atoms with van der Waals surface area (Å²) in [7, 11) is 1.64. The van der Waals surface area contributed by atoms with E-state index in [-0.39, 0.29) is 24.3 Å². The van der Waals surface area contributed by atoms with Crippen molar-refractivity contribution in [1.29, 1.82) is 0 Å². The quantitative estimate of drug-likeness (QED) is 0.336. The normalized spacial score (nSPS) is 21.2. The van der Waals surface area contributed by atoms with Crippen LogP contribution in [-0.4, -0.2) is 50.0 Å². The molecule has 0 saturated carbocycles. The van der Waals surface area contributed by atoms with Crippen LogP contribution in [0.25, 0.3) is 0 Å². The van der Waals surface area contributed by atoms with Crippen molar-refractivity contribution in [2.24, 2.45) is 5.73 Å². The Kier molecular flexibility index (Phi) is 8.38. The number of likely N-dealkylation sites (N-methyl/N-ethyl adjacent to an activating group) is 1. The number of ether oxygens (including phenoxy) is 1. The van der Waals surface area contributed by atoms with Crippen molar-refractivity contribution in [3.05, 3.63) is 0 Å². The van der Waals surface area contributed by atoms with Crippen LogP contribution in [0.5, 0.6) is 0 Å². The Bertz CT molecular complexity index is 415. The highest BCUT2D eigenvalue weighted by Gasteiger charge is 2.50. The number of nitrogens with two attached hydrogens (primary N) is 1. The van der Waals surface area contributed by atoms with Gasteiger partial charge >= 0.3 is 13.1 Å². The minimum Gasteiger partial charge on any atom is -0.465 e. The molecule has 0 aromatic carbocycles. The molecule has 1 aliphatic rings. The van der Waals surface area contributed by atoms with Crippen molar-refractivity contribution in [2.75, 3.05) is 20.2 Å². The van der Waals surface area contributed by atoms with Crippen LogP contribution in [0.2, 0.25) is 6.32 Å². The lowest BCUT2D eigenvalue weighted by Crippen LogP contribution is -2.51. The number of carbonyl (C=O) groups excluding carboxylic acids is 1. The van der Waals surface area contributed by atoms with E-state index >= 15 is 0 Å². The van der Waals surface area contributed by atoms with Crippen LogP contribution < -0.4 is 11.1 Å². The van der Waals surface area contributed by atoms with Crippen molar-refractivity contribution >= 4 is 13.1 Å². The summed E-state index contributed by atoms with van der Waals surface area (Å²) in [5.41, 5.74) is 4.41. The van der Waals surface area contributed by atoms with E-state index in [1.165, 1.54) is 0 Å². The summed E-state index contributed by atoms with van der Waals surface area (Å²) < 4.78 is 17.3. The Morgan fingerprint density at radius 2 is 1.68 bits per heavy atom. The average Bonchev–Trinajstić information content (AvgIpc) is 2.74. The minimum absolute atomic E-state index is 0.179. The molecule has 0 bridgehead atoms. The molecule has 1 unspecified atom stereocenters. The van der Waals surface area contributed by atoms with Gasteiger partial charge in [0.15, 0.2) is 0 Å². The Morgan fingerprint density at radius 1 is 1.12 bits per heavy atom. The van der Waals surface area contributed by atoms with Gasteiger partial charge in [-0.15, -0.1) is 0 Å².